The molecule has 80 valence electrons. The Hall–Kier alpha value is -1.35. The monoisotopic (exact) mass is 204 g/mol. The minimum atomic E-state index is 0.524. The van der Waals surface area contributed by atoms with E-state index in [9.17, 15) is 4.79 Å². The van der Waals surface area contributed by atoms with E-state index in [1.807, 2.05) is 6.07 Å². The Balaban J connectivity index is 1.83. The largest absolute Gasteiger partial charge is 0.357 e. The summed E-state index contributed by atoms with van der Waals surface area (Å²) in [7, 11) is 0. The zero-order chi connectivity index (χ0) is 10.5. The van der Waals surface area contributed by atoms with Gasteiger partial charge in [0.05, 0.1) is 0 Å². The Morgan fingerprint density at radius 1 is 1.40 bits per heavy atom. The van der Waals surface area contributed by atoms with Crippen LogP contribution in [-0.2, 0) is 11.3 Å². The van der Waals surface area contributed by atoms with Crippen LogP contribution in [0.4, 0.5) is 0 Å². The van der Waals surface area contributed by atoms with Crippen LogP contribution >= 0.6 is 0 Å². The molecule has 0 bridgehead atoms. The maximum absolute atomic E-state index is 10.2. The summed E-state index contributed by atoms with van der Waals surface area (Å²) in [5, 5.41) is 2.74. The first-order valence-corrected chi connectivity index (χ1v) is 5.35. The lowest BCUT2D eigenvalue weighted by molar-refractivity contribution is -0.110. The van der Waals surface area contributed by atoms with E-state index in [0.717, 1.165) is 26.0 Å². The number of likely N-dealkylation sites (tertiary alicyclic amines) is 1. The first-order valence-electron chi connectivity index (χ1n) is 5.35. The van der Waals surface area contributed by atoms with Crippen LogP contribution in [0.5, 0.6) is 0 Å². The molecule has 1 heterocycles. The topological polar surface area (TPSA) is 32.3 Å². The van der Waals surface area contributed by atoms with Gasteiger partial charge in [-0.15, -0.1) is 0 Å². The smallest absolute Gasteiger partial charge is 0.207 e. The molecule has 0 aromatic heterocycles. The molecule has 1 aromatic rings. The van der Waals surface area contributed by atoms with Gasteiger partial charge in [0.1, 0.15) is 0 Å². The lowest BCUT2D eigenvalue weighted by atomic mass is 10.0. The normalized spacial score (nSPS) is 20.7. The molecule has 1 unspecified atom stereocenters. The number of hydrogen-bond acceptors (Lipinski definition) is 2. The maximum atomic E-state index is 10.2. The first-order chi connectivity index (χ1) is 7.40. The molecular weight excluding hydrogens is 188 g/mol. The minimum Gasteiger partial charge on any atom is -0.357 e. The van der Waals surface area contributed by atoms with Crippen molar-refractivity contribution in [2.45, 2.75) is 19.0 Å². The van der Waals surface area contributed by atoms with Gasteiger partial charge in [0.2, 0.25) is 6.41 Å². The molecule has 0 radical (unpaired) electrons. The van der Waals surface area contributed by atoms with E-state index >= 15 is 0 Å². The Bertz CT molecular complexity index is 313. The number of nitrogens with zero attached hydrogens (tertiary/aromatic N) is 1. The van der Waals surface area contributed by atoms with Crippen LogP contribution in [0.2, 0.25) is 0 Å². The summed E-state index contributed by atoms with van der Waals surface area (Å²) in [5.74, 6) is 0. The molecule has 0 spiro atoms. The summed E-state index contributed by atoms with van der Waals surface area (Å²) in [6.07, 6.45) is 1.96. The van der Waals surface area contributed by atoms with Crippen LogP contribution in [-0.4, -0.2) is 30.4 Å². The van der Waals surface area contributed by atoms with Gasteiger partial charge in [-0.3, -0.25) is 9.69 Å². The van der Waals surface area contributed by atoms with Crippen LogP contribution in [0.1, 0.15) is 12.0 Å². The number of hydrogen-bond donors (Lipinski definition) is 1. The molecule has 0 aliphatic carbocycles. The maximum Gasteiger partial charge on any atom is 0.207 e. The van der Waals surface area contributed by atoms with Gasteiger partial charge in [-0.1, -0.05) is 30.3 Å². The molecule has 1 aliphatic heterocycles. The van der Waals surface area contributed by atoms with Crippen molar-refractivity contribution in [2.24, 2.45) is 0 Å². The highest BCUT2D eigenvalue weighted by Crippen LogP contribution is 2.19. The van der Waals surface area contributed by atoms with Crippen molar-refractivity contribution in [3.05, 3.63) is 35.9 Å². The molecule has 1 atom stereocenters. The second-order valence-corrected chi connectivity index (χ2v) is 3.92. The Kier molecular flexibility index (Phi) is 3.35. The summed E-state index contributed by atoms with van der Waals surface area (Å²) in [4.78, 5) is 12.6. The van der Waals surface area contributed by atoms with Crippen LogP contribution in [0.25, 0.3) is 0 Å². The van der Waals surface area contributed by atoms with Crippen LogP contribution < -0.4 is 5.32 Å². The zero-order valence-electron chi connectivity index (χ0n) is 8.73. The molecule has 1 aromatic carbocycles. The van der Waals surface area contributed by atoms with E-state index in [1.54, 1.807) is 0 Å². The van der Waals surface area contributed by atoms with E-state index in [2.05, 4.69) is 34.5 Å². The van der Waals surface area contributed by atoms with E-state index in [1.165, 1.54) is 12.0 Å². The van der Waals surface area contributed by atoms with Crippen LogP contribution in [0.3, 0.4) is 0 Å². The summed E-state index contributed by atoms with van der Waals surface area (Å²) < 4.78 is 0. The van der Waals surface area contributed by atoms with E-state index in [-0.39, 0.29) is 0 Å². The van der Waals surface area contributed by atoms with Gasteiger partial charge in [0.25, 0.3) is 0 Å². The zero-order valence-corrected chi connectivity index (χ0v) is 8.73. The number of carbonyl (C=O) groups excluding carboxylic acids is 1. The first kappa shape index (κ1) is 10.2. The van der Waals surface area contributed by atoms with Crippen molar-refractivity contribution in [1.82, 2.24) is 10.2 Å². The summed E-state index contributed by atoms with van der Waals surface area (Å²) >= 11 is 0. The van der Waals surface area contributed by atoms with Gasteiger partial charge in [0, 0.05) is 25.7 Å². The molecule has 1 amide bonds. The molecule has 15 heavy (non-hydrogen) atoms. The molecule has 0 saturated carbocycles. The highest BCUT2D eigenvalue weighted by Gasteiger charge is 2.26. The van der Waals surface area contributed by atoms with Gasteiger partial charge in [-0.05, 0) is 12.0 Å². The van der Waals surface area contributed by atoms with Crippen molar-refractivity contribution in [3.8, 4) is 0 Å². The van der Waals surface area contributed by atoms with E-state index in [0.29, 0.717) is 6.04 Å². The number of carbonyl (C=O) groups is 1. The fourth-order valence-electron chi connectivity index (χ4n) is 1.94. The fourth-order valence-corrected chi connectivity index (χ4v) is 1.94. The van der Waals surface area contributed by atoms with Gasteiger partial charge in [-0.2, -0.15) is 0 Å². The van der Waals surface area contributed by atoms with Crippen molar-refractivity contribution < 1.29 is 4.79 Å². The Labute approximate surface area is 90.1 Å². The van der Waals surface area contributed by atoms with Crippen molar-refractivity contribution in [2.75, 3.05) is 13.1 Å². The highest BCUT2D eigenvalue weighted by atomic mass is 16.1. The number of nitrogens with one attached hydrogen (secondary N) is 1. The average molecular weight is 204 g/mol. The molecule has 3 heteroatoms. The highest BCUT2D eigenvalue weighted by molar-refractivity contribution is 5.45. The summed E-state index contributed by atoms with van der Waals surface area (Å²) in [6.45, 7) is 2.91. The molecule has 1 N–H and O–H groups in total. The predicted molar refractivity (Wildman–Crippen MR) is 59.3 cm³/mol. The van der Waals surface area contributed by atoms with Crippen LogP contribution in [0, 0.1) is 0 Å². The SMILES string of the molecule is O=CNCC1CCN1Cc1ccccc1. The van der Waals surface area contributed by atoms with Gasteiger partial charge >= 0.3 is 0 Å². The molecule has 1 fully saturated rings. The van der Waals surface area contributed by atoms with Crippen LogP contribution in [0.15, 0.2) is 30.3 Å². The molecule has 1 aliphatic rings. The number of benzene rings is 1. The third-order valence-electron chi connectivity index (χ3n) is 2.93. The Morgan fingerprint density at radius 2 is 2.20 bits per heavy atom. The van der Waals surface area contributed by atoms with E-state index < -0.39 is 0 Å². The summed E-state index contributed by atoms with van der Waals surface area (Å²) in [5.41, 5.74) is 1.34. The third-order valence-corrected chi connectivity index (χ3v) is 2.93. The quantitative estimate of drug-likeness (QED) is 0.726. The second-order valence-electron chi connectivity index (χ2n) is 3.92. The Morgan fingerprint density at radius 3 is 2.80 bits per heavy atom. The minimum absolute atomic E-state index is 0.524. The van der Waals surface area contributed by atoms with Gasteiger partial charge in [-0.25, -0.2) is 0 Å². The molecule has 1 saturated heterocycles. The number of amides is 1. The molecule has 2 rings (SSSR count). The number of rotatable bonds is 5. The second kappa shape index (κ2) is 4.94. The lowest BCUT2D eigenvalue weighted by Gasteiger charge is -2.40. The van der Waals surface area contributed by atoms with Crippen molar-refractivity contribution in [1.29, 1.82) is 0 Å². The van der Waals surface area contributed by atoms with Crippen molar-refractivity contribution in [3.63, 3.8) is 0 Å². The third kappa shape index (κ3) is 2.57. The predicted octanol–water partition coefficient (Wildman–Crippen LogP) is 1.01. The lowest BCUT2D eigenvalue weighted by Crippen LogP contribution is -2.51. The van der Waals surface area contributed by atoms with Crippen molar-refractivity contribution >= 4 is 6.41 Å². The molecule has 3 nitrogen and oxygen atoms in total. The van der Waals surface area contributed by atoms with E-state index in [4.69, 9.17) is 0 Å². The van der Waals surface area contributed by atoms with Gasteiger partial charge < -0.3 is 5.32 Å². The fraction of sp³-hybridized carbons (Fsp3) is 0.417. The standard InChI is InChI=1S/C12H16N2O/c15-10-13-8-12-6-7-14(12)9-11-4-2-1-3-5-11/h1-5,10,12H,6-9H2,(H,13,15). The van der Waals surface area contributed by atoms with Gasteiger partial charge in [0.15, 0.2) is 0 Å². The summed E-state index contributed by atoms with van der Waals surface area (Å²) in [6, 6.07) is 11.0. The molecular formula is C12H16N2O. The average Bonchev–Trinajstić information content (AvgIpc) is 2.26.